The topological polar surface area (TPSA) is 84.7 Å². The number of rotatable bonds is 4. The summed E-state index contributed by atoms with van der Waals surface area (Å²) in [6.45, 7) is 7.05. The van der Waals surface area contributed by atoms with Crippen LogP contribution in [0.2, 0.25) is 0 Å². The third-order valence-electron chi connectivity index (χ3n) is 2.98. The normalized spacial score (nSPS) is 20.0. The number of nitrogens with zero attached hydrogens (tertiary/aromatic N) is 1. The van der Waals surface area contributed by atoms with Gasteiger partial charge in [0.25, 0.3) is 0 Å². The van der Waals surface area contributed by atoms with E-state index < -0.39 is 11.6 Å². The van der Waals surface area contributed by atoms with Crippen LogP contribution >= 0.6 is 0 Å². The number of ether oxygens (including phenoxy) is 1. The van der Waals surface area contributed by atoms with Crippen LogP contribution in [0.3, 0.4) is 0 Å². The predicted molar refractivity (Wildman–Crippen MR) is 72.6 cm³/mol. The van der Waals surface area contributed by atoms with E-state index >= 15 is 0 Å². The van der Waals surface area contributed by atoms with Crippen LogP contribution in [0.4, 0.5) is 4.79 Å². The number of hydrogen-bond acceptors (Lipinski definition) is 4. The van der Waals surface area contributed by atoms with Crippen LogP contribution in [0.1, 0.15) is 40.0 Å². The number of likely N-dealkylation sites (tertiary alicyclic amines) is 1. The second kappa shape index (κ2) is 6.75. The Morgan fingerprint density at radius 3 is 2.74 bits per heavy atom. The molecule has 6 heteroatoms. The molecule has 1 rings (SSSR count). The van der Waals surface area contributed by atoms with Crippen LogP contribution < -0.4 is 11.1 Å². The first-order chi connectivity index (χ1) is 8.81. The third kappa shape index (κ3) is 5.92. The summed E-state index contributed by atoms with van der Waals surface area (Å²) < 4.78 is 4.85. The van der Waals surface area contributed by atoms with Gasteiger partial charge in [0.05, 0.1) is 6.61 Å². The highest BCUT2D eigenvalue weighted by atomic mass is 16.5. The largest absolute Gasteiger partial charge is 0.450 e. The summed E-state index contributed by atoms with van der Waals surface area (Å²) >= 11 is 0. The van der Waals surface area contributed by atoms with Gasteiger partial charge in [-0.05, 0) is 33.6 Å². The summed E-state index contributed by atoms with van der Waals surface area (Å²) in [7, 11) is 0. The maximum atomic E-state index is 12.1. The predicted octanol–water partition coefficient (Wildman–Crippen LogP) is 0.851. The average molecular weight is 271 g/mol. The molecule has 0 aromatic heterocycles. The maximum Gasteiger partial charge on any atom is 0.407 e. The van der Waals surface area contributed by atoms with Gasteiger partial charge >= 0.3 is 6.09 Å². The first-order valence-corrected chi connectivity index (χ1v) is 6.82. The first kappa shape index (κ1) is 15.8. The molecule has 3 N–H and O–H groups in total. The van der Waals surface area contributed by atoms with Crippen molar-refractivity contribution >= 4 is 12.0 Å². The number of nitrogens with two attached hydrogens (primary N) is 1. The van der Waals surface area contributed by atoms with Gasteiger partial charge in [-0.25, -0.2) is 4.79 Å². The lowest BCUT2D eigenvalue weighted by molar-refractivity contribution is -0.133. The molecule has 0 aromatic rings. The van der Waals surface area contributed by atoms with Crippen molar-refractivity contribution in [3.63, 3.8) is 0 Å². The average Bonchev–Trinajstić information content (AvgIpc) is 2.27. The summed E-state index contributed by atoms with van der Waals surface area (Å²) in [5, 5.41) is 2.78. The van der Waals surface area contributed by atoms with Crippen molar-refractivity contribution in [2.24, 2.45) is 5.73 Å². The zero-order chi connectivity index (χ0) is 14.5. The summed E-state index contributed by atoms with van der Waals surface area (Å²) in [6, 6.07) is -0.0300. The minimum Gasteiger partial charge on any atom is -0.450 e. The molecular formula is C13H25N3O3. The van der Waals surface area contributed by atoms with E-state index in [0.717, 1.165) is 19.4 Å². The Labute approximate surface area is 114 Å². The molecule has 0 bridgehead atoms. The van der Waals surface area contributed by atoms with Crippen molar-refractivity contribution in [1.29, 1.82) is 0 Å². The van der Waals surface area contributed by atoms with E-state index in [-0.39, 0.29) is 11.9 Å². The number of hydrogen-bond donors (Lipinski definition) is 2. The fourth-order valence-corrected chi connectivity index (χ4v) is 2.16. The SMILES string of the molecule is CCOC(=O)NC1CCCN(C(=O)CC(C)(C)N)C1. The fourth-order valence-electron chi connectivity index (χ4n) is 2.16. The quantitative estimate of drug-likeness (QED) is 0.794. The molecule has 0 aliphatic carbocycles. The van der Waals surface area contributed by atoms with E-state index in [4.69, 9.17) is 10.5 Å². The monoisotopic (exact) mass is 271 g/mol. The van der Waals surface area contributed by atoms with Gasteiger partial charge in [0.1, 0.15) is 0 Å². The zero-order valence-electron chi connectivity index (χ0n) is 12.1. The van der Waals surface area contributed by atoms with Crippen LogP contribution in [0, 0.1) is 0 Å². The van der Waals surface area contributed by atoms with E-state index in [0.29, 0.717) is 19.6 Å². The number of nitrogens with one attached hydrogen (secondary N) is 1. The Bertz CT molecular complexity index is 326. The molecule has 1 saturated heterocycles. The zero-order valence-corrected chi connectivity index (χ0v) is 12.1. The molecule has 0 radical (unpaired) electrons. The van der Waals surface area contributed by atoms with Gasteiger partial charge in [-0.1, -0.05) is 0 Å². The molecule has 1 unspecified atom stereocenters. The molecule has 1 aliphatic rings. The van der Waals surface area contributed by atoms with Gasteiger partial charge < -0.3 is 20.7 Å². The highest BCUT2D eigenvalue weighted by Gasteiger charge is 2.27. The second-order valence-electron chi connectivity index (χ2n) is 5.71. The molecule has 110 valence electrons. The van der Waals surface area contributed by atoms with Crippen molar-refractivity contribution < 1.29 is 14.3 Å². The lowest BCUT2D eigenvalue weighted by atomic mass is 9.99. The maximum absolute atomic E-state index is 12.1. The van der Waals surface area contributed by atoms with Crippen LogP contribution in [-0.4, -0.2) is 48.2 Å². The van der Waals surface area contributed by atoms with Gasteiger partial charge in [-0.2, -0.15) is 0 Å². The minimum absolute atomic E-state index is 0.0300. The molecule has 0 spiro atoms. The van der Waals surface area contributed by atoms with Crippen molar-refractivity contribution in [2.75, 3.05) is 19.7 Å². The Morgan fingerprint density at radius 1 is 1.47 bits per heavy atom. The number of carbonyl (C=O) groups is 2. The van der Waals surface area contributed by atoms with Gasteiger partial charge in [0, 0.05) is 31.1 Å². The first-order valence-electron chi connectivity index (χ1n) is 6.82. The van der Waals surface area contributed by atoms with Crippen molar-refractivity contribution in [1.82, 2.24) is 10.2 Å². The Kier molecular flexibility index (Phi) is 5.60. The van der Waals surface area contributed by atoms with E-state index in [2.05, 4.69) is 5.32 Å². The van der Waals surface area contributed by atoms with Crippen LogP contribution in [0.15, 0.2) is 0 Å². The van der Waals surface area contributed by atoms with Gasteiger partial charge in [0.2, 0.25) is 5.91 Å². The molecule has 1 fully saturated rings. The Morgan fingerprint density at radius 2 is 2.16 bits per heavy atom. The second-order valence-corrected chi connectivity index (χ2v) is 5.71. The van der Waals surface area contributed by atoms with Gasteiger partial charge in [0.15, 0.2) is 0 Å². The molecular weight excluding hydrogens is 246 g/mol. The van der Waals surface area contributed by atoms with Crippen LogP contribution in [-0.2, 0) is 9.53 Å². The summed E-state index contributed by atoms with van der Waals surface area (Å²) in [5.74, 6) is 0.0443. The molecule has 1 atom stereocenters. The smallest absolute Gasteiger partial charge is 0.407 e. The molecule has 1 heterocycles. The Balaban J connectivity index is 2.45. The fraction of sp³-hybridized carbons (Fsp3) is 0.846. The van der Waals surface area contributed by atoms with Gasteiger partial charge in [-0.3, -0.25) is 4.79 Å². The summed E-state index contributed by atoms with van der Waals surface area (Å²) in [6.07, 6.45) is 1.66. The molecule has 0 saturated carbocycles. The number of alkyl carbamates (subject to hydrolysis) is 1. The van der Waals surface area contributed by atoms with Crippen molar-refractivity contribution in [3.05, 3.63) is 0 Å². The van der Waals surface area contributed by atoms with Crippen molar-refractivity contribution in [3.8, 4) is 0 Å². The minimum atomic E-state index is -0.501. The molecule has 2 amide bonds. The van der Waals surface area contributed by atoms with E-state index in [1.807, 2.05) is 13.8 Å². The number of amides is 2. The summed E-state index contributed by atoms with van der Waals surface area (Å²) in [5.41, 5.74) is 5.36. The highest BCUT2D eigenvalue weighted by molar-refractivity contribution is 5.77. The van der Waals surface area contributed by atoms with Crippen molar-refractivity contribution in [2.45, 2.75) is 51.6 Å². The standard InChI is InChI=1S/C13H25N3O3/c1-4-19-12(18)15-10-6-5-7-16(9-10)11(17)8-13(2,3)14/h10H,4-9,14H2,1-3H3,(H,15,18). The van der Waals surface area contributed by atoms with E-state index in [9.17, 15) is 9.59 Å². The lowest BCUT2D eigenvalue weighted by Crippen LogP contribution is -2.51. The van der Waals surface area contributed by atoms with E-state index in [1.165, 1.54) is 0 Å². The molecule has 1 aliphatic heterocycles. The van der Waals surface area contributed by atoms with Gasteiger partial charge in [-0.15, -0.1) is 0 Å². The van der Waals surface area contributed by atoms with E-state index in [1.54, 1.807) is 11.8 Å². The Hall–Kier alpha value is -1.30. The lowest BCUT2D eigenvalue weighted by Gasteiger charge is -2.34. The number of carbonyl (C=O) groups excluding carboxylic acids is 2. The van der Waals surface area contributed by atoms with Crippen LogP contribution in [0.25, 0.3) is 0 Å². The van der Waals surface area contributed by atoms with Crippen LogP contribution in [0.5, 0.6) is 0 Å². The molecule has 19 heavy (non-hydrogen) atoms. The molecule has 6 nitrogen and oxygen atoms in total. The highest BCUT2D eigenvalue weighted by Crippen LogP contribution is 2.14. The third-order valence-corrected chi connectivity index (χ3v) is 2.98. The number of piperidine rings is 1. The summed E-state index contributed by atoms with van der Waals surface area (Å²) in [4.78, 5) is 25.2. The molecule has 0 aromatic carbocycles.